The Morgan fingerprint density at radius 2 is 2.00 bits per heavy atom. The zero-order valence-electron chi connectivity index (χ0n) is 6.37. The molecule has 4 nitrogen and oxygen atoms in total. The van der Waals surface area contributed by atoms with Crippen LogP contribution in [0.5, 0.6) is 0 Å². The fourth-order valence-electron chi connectivity index (χ4n) is 0.423. The summed E-state index contributed by atoms with van der Waals surface area (Å²) in [5, 5.41) is 8.07. The summed E-state index contributed by atoms with van der Waals surface area (Å²) < 4.78 is 12.3. The molecule has 0 aromatic rings. The minimum absolute atomic E-state index is 0.528. The first-order valence-electron chi connectivity index (χ1n) is 3.02. The van der Waals surface area contributed by atoms with Crippen LogP contribution >= 0.6 is 0 Å². The molecule has 0 rings (SSSR count). The Hall–Kier alpha value is -1.13. The van der Waals surface area contributed by atoms with Crippen molar-refractivity contribution >= 4 is 11.9 Å². The second kappa shape index (κ2) is 3.90. The minimum atomic E-state index is -2.09. The van der Waals surface area contributed by atoms with Crippen LogP contribution in [0.4, 0.5) is 4.39 Å². The summed E-state index contributed by atoms with van der Waals surface area (Å²) in [6, 6.07) is 0. The number of rotatable bonds is 3. The molecule has 11 heavy (non-hydrogen) atoms. The Bertz CT molecular complexity index is 169. The van der Waals surface area contributed by atoms with Crippen LogP contribution in [0.2, 0.25) is 0 Å². The van der Waals surface area contributed by atoms with E-state index in [0.29, 0.717) is 0 Å². The van der Waals surface area contributed by atoms with Gasteiger partial charge in [-0.05, 0) is 0 Å². The molecule has 0 radical (unpaired) electrons. The quantitative estimate of drug-likeness (QED) is 0.631. The van der Waals surface area contributed by atoms with E-state index in [2.05, 4.69) is 0 Å². The number of nitrogens with zero attached hydrogens (tertiary/aromatic N) is 1. The van der Waals surface area contributed by atoms with E-state index in [4.69, 9.17) is 5.11 Å². The van der Waals surface area contributed by atoms with Gasteiger partial charge in [0.05, 0.1) is 6.42 Å². The zero-order chi connectivity index (χ0) is 9.02. The number of hydrogen-bond donors (Lipinski definition) is 1. The second-order valence-corrected chi connectivity index (χ2v) is 2.30. The van der Waals surface area contributed by atoms with E-state index in [0.717, 1.165) is 4.90 Å². The van der Waals surface area contributed by atoms with Crippen molar-refractivity contribution in [3.05, 3.63) is 0 Å². The maximum absolute atomic E-state index is 12.3. The van der Waals surface area contributed by atoms with E-state index >= 15 is 0 Å². The van der Waals surface area contributed by atoms with Gasteiger partial charge < -0.3 is 10.0 Å². The van der Waals surface area contributed by atoms with E-state index in [-0.39, 0.29) is 0 Å². The molecule has 1 N–H and O–H groups in total. The SMILES string of the molecule is CN(C)C(=O)CC(F)C(=O)O. The number of hydrogen-bond acceptors (Lipinski definition) is 2. The third kappa shape index (κ3) is 3.54. The number of alkyl halides is 1. The predicted octanol–water partition coefficient (Wildman–Crippen LogP) is -0.113. The van der Waals surface area contributed by atoms with E-state index in [1.807, 2.05) is 0 Å². The predicted molar refractivity (Wildman–Crippen MR) is 35.8 cm³/mol. The summed E-state index contributed by atoms with van der Waals surface area (Å²) in [4.78, 5) is 21.7. The molecule has 64 valence electrons. The smallest absolute Gasteiger partial charge is 0.338 e. The van der Waals surface area contributed by atoms with Crippen molar-refractivity contribution in [2.45, 2.75) is 12.6 Å². The summed E-state index contributed by atoms with van der Waals surface area (Å²) in [6.45, 7) is 0. The van der Waals surface area contributed by atoms with Gasteiger partial charge in [-0.3, -0.25) is 4.79 Å². The average Bonchev–Trinajstić information content (AvgIpc) is 1.87. The van der Waals surface area contributed by atoms with Crippen molar-refractivity contribution in [3.63, 3.8) is 0 Å². The number of amides is 1. The molecule has 1 amide bonds. The fourth-order valence-corrected chi connectivity index (χ4v) is 0.423. The molecule has 0 fully saturated rings. The van der Waals surface area contributed by atoms with Crippen molar-refractivity contribution in [2.24, 2.45) is 0 Å². The van der Waals surface area contributed by atoms with Gasteiger partial charge in [0, 0.05) is 14.1 Å². The van der Waals surface area contributed by atoms with Crippen LogP contribution in [-0.4, -0.2) is 42.1 Å². The summed E-state index contributed by atoms with van der Waals surface area (Å²) in [6.07, 6.45) is -2.69. The van der Waals surface area contributed by atoms with Crippen LogP contribution < -0.4 is 0 Å². The monoisotopic (exact) mass is 163 g/mol. The van der Waals surface area contributed by atoms with E-state index in [9.17, 15) is 14.0 Å². The molecule has 0 heterocycles. The van der Waals surface area contributed by atoms with Gasteiger partial charge in [0.15, 0.2) is 0 Å². The van der Waals surface area contributed by atoms with Gasteiger partial charge in [0.2, 0.25) is 12.1 Å². The molecule has 0 aliphatic rings. The summed E-state index contributed by atoms with van der Waals surface area (Å²) >= 11 is 0. The fraction of sp³-hybridized carbons (Fsp3) is 0.667. The van der Waals surface area contributed by atoms with Crippen LogP contribution in [-0.2, 0) is 9.59 Å². The van der Waals surface area contributed by atoms with Crippen molar-refractivity contribution in [1.29, 1.82) is 0 Å². The van der Waals surface area contributed by atoms with Gasteiger partial charge in [-0.25, -0.2) is 9.18 Å². The second-order valence-electron chi connectivity index (χ2n) is 2.30. The van der Waals surface area contributed by atoms with Crippen molar-refractivity contribution in [3.8, 4) is 0 Å². The number of aliphatic carboxylic acids is 1. The molecule has 0 aromatic carbocycles. The van der Waals surface area contributed by atoms with Crippen LogP contribution in [0.1, 0.15) is 6.42 Å². The highest BCUT2D eigenvalue weighted by Gasteiger charge is 2.20. The maximum Gasteiger partial charge on any atom is 0.338 e. The van der Waals surface area contributed by atoms with Gasteiger partial charge >= 0.3 is 5.97 Å². The van der Waals surface area contributed by atoms with Gasteiger partial charge in [-0.1, -0.05) is 0 Å². The summed E-state index contributed by atoms with van der Waals surface area (Å²) in [5.41, 5.74) is 0. The molecule has 0 saturated carbocycles. The Morgan fingerprint density at radius 1 is 1.55 bits per heavy atom. The molecular weight excluding hydrogens is 153 g/mol. The lowest BCUT2D eigenvalue weighted by atomic mass is 10.2. The largest absolute Gasteiger partial charge is 0.479 e. The van der Waals surface area contributed by atoms with Crippen LogP contribution in [0.15, 0.2) is 0 Å². The first-order valence-corrected chi connectivity index (χ1v) is 3.02. The molecule has 1 unspecified atom stereocenters. The summed E-state index contributed by atoms with van der Waals surface area (Å²) in [7, 11) is 2.88. The third-order valence-corrected chi connectivity index (χ3v) is 1.12. The van der Waals surface area contributed by atoms with E-state index < -0.39 is 24.5 Å². The molecule has 0 saturated heterocycles. The molecule has 1 atom stereocenters. The topological polar surface area (TPSA) is 57.6 Å². The first kappa shape index (κ1) is 9.87. The van der Waals surface area contributed by atoms with Gasteiger partial charge in [-0.2, -0.15) is 0 Å². The maximum atomic E-state index is 12.3. The summed E-state index contributed by atoms with van der Waals surface area (Å²) in [5.74, 6) is -2.12. The first-order chi connectivity index (χ1) is 4.95. The molecular formula is C6H10FNO3. The van der Waals surface area contributed by atoms with Gasteiger partial charge in [-0.15, -0.1) is 0 Å². The van der Waals surface area contributed by atoms with Crippen molar-refractivity contribution in [2.75, 3.05) is 14.1 Å². The molecule has 0 bridgehead atoms. The normalized spacial score (nSPS) is 12.3. The van der Waals surface area contributed by atoms with Gasteiger partial charge in [0.1, 0.15) is 0 Å². The lowest BCUT2D eigenvalue weighted by Gasteiger charge is -2.09. The highest BCUT2D eigenvalue weighted by molar-refractivity contribution is 5.83. The number of halogens is 1. The van der Waals surface area contributed by atoms with Gasteiger partial charge in [0.25, 0.3) is 0 Å². The Kier molecular flexibility index (Phi) is 3.50. The highest BCUT2D eigenvalue weighted by Crippen LogP contribution is 1.99. The van der Waals surface area contributed by atoms with Crippen LogP contribution in [0.3, 0.4) is 0 Å². The minimum Gasteiger partial charge on any atom is -0.479 e. The van der Waals surface area contributed by atoms with Crippen LogP contribution in [0.25, 0.3) is 0 Å². The molecule has 5 heteroatoms. The Balaban J connectivity index is 3.85. The standard InChI is InChI=1S/C6H10FNO3/c1-8(2)5(9)3-4(7)6(10)11/h4H,3H2,1-2H3,(H,10,11). The third-order valence-electron chi connectivity index (χ3n) is 1.12. The zero-order valence-corrected chi connectivity index (χ0v) is 6.37. The Labute approximate surface area is 63.6 Å². The number of carbonyl (C=O) groups excluding carboxylic acids is 1. The number of carboxylic acid groups (broad SMARTS) is 1. The van der Waals surface area contributed by atoms with Crippen LogP contribution in [0, 0.1) is 0 Å². The highest BCUT2D eigenvalue weighted by atomic mass is 19.1. The van der Waals surface area contributed by atoms with Crippen molar-refractivity contribution < 1.29 is 19.1 Å². The van der Waals surface area contributed by atoms with E-state index in [1.165, 1.54) is 14.1 Å². The van der Waals surface area contributed by atoms with Crippen molar-refractivity contribution in [1.82, 2.24) is 4.90 Å². The van der Waals surface area contributed by atoms with E-state index in [1.54, 1.807) is 0 Å². The average molecular weight is 163 g/mol. The number of carboxylic acids is 1. The lowest BCUT2D eigenvalue weighted by Crippen LogP contribution is -2.28. The molecule has 0 spiro atoms. The molecule has 0 aromatic heterocycles. The lowest BCUT2D eigenvalue weighted by molar-refractivity contribution is -0.146. The number of carbonyl (C=O) groups is 2. The Morgan fingerprint density at radius 3 is 2.27 bits per heavy atom. The molecule has 0 aliphatic carbocycles. The molecule has 0 aliphatic heterocycles.